The third kappa shape index (κ3) is 4.13. The number of carbonyl (C=O) groups excluding carboxylic acids is 2. The van der Waals surface area contributed by atoms with E-state index in [9.17, 15) is 9.59 Å². The number of methoxy groups -OCH3 is 1. The molecule has 0 saturated carbocycles. The van der Waals surface area contributed by atoms with Gasteiger partial charge in [-0.15, -0.1) is 11.3 Å². The Balaban J connectivity index is 1.76. The Morgan fingerprint density at radius 3 is 2.88 bits per heavy atom. The van der Waals surface area contributed by atoms with E-state index >= 15 is 0 Å². The Morgan fingerprint density at radius 2 is 2.12 bits per heavy atom. The maximum Gasteiger partial charge on any atom is 0.319 e. The number of nitrogens with one attached hydrogen (secondary N) is 2. The summed E-state index contributed by atoms with van der Waals surface area (Å²) in [7, 11) is 1.33. The number of nitrogens with zero attached hydrogens (tertiary/aromatic N) is 1. The molecule has 0 fully saturated rings. The average molecular weight is 355 g/mol. The number of benzene rings is 1. The molecule has 0 aliphatic heterocycles. The Hall–Kier alpha value is -2.93. The highest BCUT2D eigenvalue weighted by Crippen LogP contribution is 2.24. The summed E-state index contributed by atoms with van der Waals surface area (Å²) in [5, 5.41) is 9.42. The second kappa shape index (κ2) is 7.76. The van der Waals surface area contributed by atoms with Crippen LogP contribution in [0.3, 0.4) is 0 Å². The summed E-state index contributed by atoms with van der Waals surface area (Å²) in [5.41, 5.74) is 0.681. The summed E-state index contributed by atoms with van der Waals surface area (Å²) >= 11 is 1.48. The van der Waals surface area contributed by atoms with Gasteiger partial charge in [-0.1, -0.05) is 18.2 Å². The minimum Gasteiger partial charge on any atom is -0.469 e. The molecule has 0 saturated heterocycles. The van der Waals surface area contributed by atoms with Gasteiger partial charge in [0.2, 0.25) is 0 Å². The minimum atomic E-state index is -0.441. The Bertz CT molecular complexity index is 875. The Morgan fingerprint density at radius 1 is 1.24 bits per heavy atom. The lowest BCUT2D eigenvalue weighted by Crippen LogP contribution is -2.33. The van der Waals surface area contributed by atoms with Gasteiger partial charge in [-0.2, -0.15) is 0 Å². The van der Waals surface area contributed by atoms with E-state index in [0.717, 1.165) is 15.6 Å². The van der Waals surface area contributed by atoms with Crippen molar-refractivity contribution in [1.29, 1.82) is 0 Å². The molecule has 2 N–H and O–H groups in total. The smallest absolute Gasteiger partial charge is 0.319 e. The second-order valence-electron chi connectivity index (χ2n) is 5.35. The highest BCUT2D eigenvalue weighted by atomic mass is 32.1. The van der Waals surface area contributed by atoms with Gasteiger partial charge in [0.25, 0.3) is 0 Å². The van der Waals surface area contributed by atoms with Crippen LogP contribution in [-0.4, -0.2) is 24.1 Å². The topological polar surface area (TPSA) is 80.3 Å². The monoisotopic (exact) mass is 355 g/mol. The van der Waals surface area contributed by atoms with E-state index in [2.05, 4.69) is 15.6 Å². The van der Waals surface area contributed by atoms with Crippen LogP contribution in [-0.2, 0) is 9.53 Å². The zero-order valence-corrected chi connectivity index (χ0v) is 14.4. The fraction of sp³-hybridized carbons (Fsp3) is 0.167. The number of ether oxygens (including phenoxy) is 1. The standard InChI is InChI=1S/C18H17N3O3S/c1-24-17(22)10-15(16-6-3-9-25-16)21-18(23)20-14-5-2-4-12-11-19-8-7-13(12)14/h2-9,11,15H,10H2,1H3,(H2,20,21,23)/t15-/m0/s1. The first-order chi connectivity index (χ1) is 12.2. The Labute approximate surface area is 148 Å². The molecule has 0 spiro atoms. The first-order valence-corrected chi connectivity index (χ1v) is 8.56. The van der Waals surface area contributed by atoms with Gasteiger partial charge in [-0.25, -0.2) is 4.79 Å². The van der Waals surface area contributed by atoms with E-state index in [4.69, 9.17) is 4.74 Å². The van der Waals surface area contributed by atoms with Crippen LogP contribution in [0, 0.1) is 0 Å². The lowest BCUT2D eigenvalue weighted by atomic mass is 10.1. The fourth-order valence-corrected chi connectivity index (χ4v) is 3.29. The van der Waals surface area contributed by atoms with Crippen LogP contribution in [0.5, 0.6) is 0 Å². The van der Waals surface area contributed by atoms with Crippen molar-refractivity contribution in [3.8, 4) is 0 Å². The maximum atomic E-state index is 12.4. The number of carbonyl (C=O) groups is 2. The zero-order valence-electron chi connectivity index (χ0n) is 13.6. The van der Waals surface area contributed by atoms with Crippen molar-refractivity contribution < 1.29 is 14.3 Å². The lowest BCUT2D eigenvalue weighted by Gasteiger charge is -2.17. The summed E-state index contributed by atoms with van der Waals surface area (Å²) in [4.78, 5) is 29.1. The molecule has 0 radical (unpaired) electrons. The largest absolute Gasteiger partial charge is 0.469 e. The van der Waals surface area contributed by atoms with Crippen molar-refractivity contribution in [2.45, 2.75) is 12.5 Å². The molecule has 128 valence electrons. The number of fused-ring (bicyclic) bond motifs is 1. The molecular weight excluding hydrogens is 338 g/mol. The molecule has 3 rings (SSSR count). The summed E-state index contributed by atoms with van der Waals surface area (Å²) < 4.78 is 4.72. The average Bonchev–Trinajstić information content (AvgIpc) is 3.16. The van der Waals surface area contributed by atoms with Gasteiger partial charge in [0.1, 0.15) is 0 Å². The molecule has 0 bridgehead atoms. The van der Waals surface area contributed by atoms with Crippen molar-refractivity contribution in [1.82, 2.24) is 10.3 Å². The zero-order chi connectivity index (χ0) is 17.6. The summed E-state index contributed by atoms with van der Waals surface area (Å²) in [6, 6.07) is 10.4. The first-order valence-electron chi connectivity index (χ1n) is 7.68. The predicted octanol–water partition coefficient (Wildman–Crippen LogP) is 3.72. The highest BCUT2D eigenvalue weighted by molar-refractivity contribution is 7.10. The molecule has 3 aromatic rings. The van der Waals surface area contributed by atoms with Gasteiger partial charge in [-0.05, 0) is 23.6 Å². The summed E-state index contributed by atoms with van der Waals surface area (Å²) in [5.74, 6) is -0.380. The molecular formula is C18H17N3O3S. The lowest BCUT2D eigenvalue weighted by molar-refractivity contribution is -0.141. The van der Waals surface area contributed by atoms with Crippen molar-refractivity contribution in [2.24, 2.45) is 0 Å². The SMILES string of the molecule is COC(=O)C[C@H](NC(=O)Nc1cccc2cnccc12)c1cccs1. The van der Waals surface area contributed by atoms with Gasteiger partial charge in [0, 0.05) is 28.0 Å². The normalized spacial score (nSPS) is 11.7. The molecule has 2 aromatic heterocycles. The van der Waals surface area contributed by atoms with E-state index in [0.29, 0.717) is 5.69 Å². The van der Waals surface area contributed by atoms with Crippen molar-refractivity contribution >= 4 is 39.8 Å². The van der Waals surface area contributed by atoms with Crippen molar-refractivity contribution in [3.63, 3.8) is 0 Å². The number of hydrogen-bond acceptors (Lipinski definition) is 5. The number of thiophene rings is 1. The minimum absolute atomic E-state index is 0.0733. The van der Waals surface area contributed by atoms with Crippen LogP contribution >= 0.6 is 11.3 Å². The van der Waals surface area contributed by atoms with E-state index in [1.807, 2.05) is 41.8 Å². The van der Waals surface area contributed by atoms with E-state index in [1.165, 1.54) is 18.4 Å². The van der Waals surface area contributed by atoms with Gasteiger partial charge < -0.3 is 15.4 Å². The number of urea groups is 1. The number of hydrogen-bond donors (Lipinski definition) is 2. The maximum absolute atomic E-state index is 12.4. The van der Waals surface area contributed by atoms with Gasteiger partial charge in [0.15, 0.2) is 0 Å². The third-order valence-electron chi connectivity index (χ3n) is 3.72. The van der Waals surface area contributed by atoms with E-state index in [1.54, 1.807) is 12.4 Å². The number of rotatable bonds is 5. The molecule has 0 aliphatic rings. The molecule has 25 heavy (non-hydrogen) atoms. The second-order valence-corrected chi connectivity index (χ2v) is 6.33. The number of amides is 2. The van der Waals surface area contributed by atoms with Crippen molar-refractivity contribution in [2.75, 3.05) is 12.4 Å². The molecule has 0 aliphatic carbocycles. The summed E-state index contributed by atoms with van der Waals surface area (Å²) in [6.45, 7) is 0. The Kier molecular flexibility index (Phi) is 5.25. The quantitative estimate of drug-likeness (QED) is 0.684. The van der Waals surface area contributed by atoms with E-state index in [-0.39, 0.29) is 18.4 Å². The number of pyridine rings is 1. The fourth-order valence-electron chi connectivity index (χ4n) is 2.51. The van der Waals surface area contributed by atoms with Gasteiger partial charge >= 0.3 is 12.0 Å². The molecule has 1 aromatic carbocycles. The number of anilines is 1. The van der Waals surface area contributed by atoms with Gasteiger partial charge in [-0.3, -0.25) is 9.78 Å². The molecule has 6 nitrogen and oxygen atoms in total. The van der Waals surface area contributed by atoms with Crippen LogP contribution < -0.4 is 10.6 Å². The van der Waals surface area contributed by atoms with Gasteiger partial charge in [0.05, 0.1) is 25.3 Å². The highest BCUT2D eigenvalue weighted by Gasteiger charge is 2.20. The first kappa shape index (κ1) is 16.9. The van der Waals surface area contributed by atoms with Crippen LogP contribution in [0.1, 0.15) is 17.3 Å². The van der Waals surface area contributed by atoms with Crippen LogP contribution in [0.2, 0.25) is 0 Å². The summed E-state index contributed by atoms with van der Waals surface area (Å²) in [6.07, 6.45) is 3.49. The molecule has 2 amide bonds. The predicted molar refractivity (Wildman–Crippen MR) is 97.6 cm³/mol. The molecule has 7 heteroatoms. The van der Waals surface area contributed by atoms with Crippen LogP contribution in [0.25, 0.3) is 10.8 Å². The number of esters is 1. The van der Waals surface area contributed by atoms with Crippen molar-refractivity contribution in [3.05, 3.63) is 59.0 Å². The molecule has 2 heterocycles. The van der Waals surface area contributed by atoms with Crippen LogP contribution in [0.4, 0.5) is 10.5 Å². The van der Waals surface area contributed by atoms with E-state index < -0.39 is 6.04 Å². The number of aromatic nitrogens is 1. The van der Waals surface area contributed by atoms with Crippen LogP contribution in [0.15, 0.2) is 54.2 Å². The molecule has 0 unspecified atom stereocenters. The third-order valence-corrected chi connectivity index (χ3v) is 4.71. The molecule has 1 atom stereocenters.